The third kappa shape index (κ3) is 8.15. The summed E-state index contributed by atoms with van der Waals surface area (Å²) in [5.41, 5.74) is 4.72. The van der Waals surface area contributed by atoms with E-state index in [1.165, 1.54) is 18.1 Å². The number of hydrogen-bond donors (Lipinski definition) is 3. The molecule has 1 aliphatic heterocycles. The lowest BCUT2D eigenvalue weighted by Crippen LogP contribution is -2.29. The predicted octanol–water partition coefficient (Wildman–Crippen LogP) is 6.29. The van der Waals surface area contributed by atoms with Crippen LogP contribution in [0.2, 0.25) is 0 Å². The highest BCUT2D eigenvalue weighted by atomic mass is 32.2. The van der Waals surface area contributed by atoms with Crippen molar-refractivity contribution in [2.75, 3.05) is 12.8 Å². The van der Waals surface area contributed by atoms with Gasteiger partial charge in [-0.25, -0.2) is 4.68 Å². The summed E-state index contributed by atoms with van der Waals surface area (Å²) >= 11 is 6.06. The highest BCUT2D eigenvalue weighted by Crippen LogP contribution is 2.22. The fourth-order valence-corrected chi connectivity index (χ4v) is 4.48. The Morgan fingerprint density at radius 1 is 1.36 bits per heavy atom. The summed E-state index contributed by atoms with van der Waals surface area (Å²) in [6, 6.07) is 7.63. The number of ketones is 1. The SMILES string of the molecule is C=C1C=C(S)/C(NSC)=C\C(C)N/C(C(=O)c2cnn(C(=C)/C(C)=C\C(=NCC)Oc3ccccc3C)c2)=C\1. The average molecular weight is 562 g/mol. The number of hydrogen-bond acceptors (Lipinski definition) is 8. The number of nitrogens with zero attached hydrogens (tertiary/aromatic N) is 3. The van der Waals surface area contributed by atoms with Crippen LogP contribution in [-0.4, -0.2) is 40.3 Å². The van der Waals surface area contributed by atoms with E-state index in [4.69, 9.17) is 4.74 Å². The zero-order chi connectivity index (χ0) is 28.5. The molecule has 0 saturated heterocycles. The lowest BCUT2D eigenvalue weighted by molar-refractivity contribution is 0.102. The van der Waals surface area contributed by atoms with Gasteiger partial charge in [-0.3, -0.25) is 9.79 Å². The molecule has 1 aliphatic rings. The van der Waals surface area contributed by atoms with Gasteiger partial charge in [0.05, 0.1) is 28.9 Å². The molecule has 9 heteroatoms. The Kier molecular flexibility index (Phi) is 10.7. The summed E-state index contributed by atoms with van der Waals surface area (Å²) in [6.45, 7) is 16.6. The van der Waals surface area contributed by atoms with Crippen LogP contribution in [-0.2, 0) is 0 Å². The Bertz CT molecular complexity index is 1410. The molecule has 1 aromatic carbocycles. The van der Waals surface area contributed by atoms with E-state index in [0.717, 1.165) is 27.5 Å². The van der Waals surface area contributed by atoms with E-state index < -0.39 is 0 Å². The Balaban J connectivity index is 1.82. The van der Waals surface area contributed by atoms with Crippen LogP contribution in [0.1, 0.15) is 36.7 Å². The standard InChI is InChI=1S/C30H35N5O2S2/c1-8-31-29(37-27-12-10-9-11-20(27)3)15-21(4)23(6)35-18-24(17-32-35)30(36)26-13-19(2)14-28(38)25(34-39-7)16-22(5)33-26/h9-18,22,33-34,38H,2,6,8H2,1,3-5,7H3/b21-15-,25-16+,26-13-,28-14?,31-29?. The third-order valence-electron chi connectivity index (χ3n) is 5.72. The van der Waals surface area contributed by atoms with Crippen molar-refractivity contribution in [2.45, 2.75) is 33.7 Å². The summed E-state index contributed by atoms with van der Waals surface area (Å²) in [6.07, 6.45) is 12.5. The second-order valence-electron chi connectivity index (χ2n) is 8.94. The van der Waals surface area contributed by atoms with Crippen LogP contribution in [0, 0.1) is 6.92 Å². The van der Waals surface area contributed by atoms with E-state index in [0.29, 0.717) is 35.0 Å². The fraction of sp³-hybridized carbons (Fsp3) is 0.233. The number of aliphatic imine (C=N–C) groups is 1. The maximum atomic E-state index is 13.5. The minimum Gasteiger partial charge on any atom is -0.439 e. The second kappa shape index (κ2) is 13.9. The molecule has 1 unspecified atom stereocenters. The lowest BCUT2D eigenvalue weighted by Gasteiger charge is -2.15. The molecule has 1 atom stereocenters. The Morgan fingerprint density at radius 3 is 2.79 bits per heavy atom. The summed E-state index contributed by atoms with van der Waals surface area (Å²) in [7, 11) is 0. The molecule has 2 aromatic rings. The van der Waals surface area contributed by atoms with Gasteiger partial charge in [0, 0.05) is 36.0 Å². The van der Waals surface area contributed by atoms with Crippen molar-refractivity contribution in [1.82, 2.24) is 19.8 Å². The molecule has 0 radical (unpaired) electrons. The Labute approximate surface area is 240 Å². The lowest BCUT2D eigenvalue weighted by atomic mass is 10.1. The quantitative estimate of drug-likeness (QED) is 0.0834. The normalized spacial score (nSPS) is 19.3. The van der Waals surface area contributed by atoms with E-state index in [2.05, 4.69) is 45.9 Å². The smallest absolute Gasteiger partial charge is 0.215 e. The summed E-state index contributed by atoms with van der Waals surface area (Å²) in [5, 5.41) is 7.68. The van der Waals surface area contributed by atoms with Crippen LogP contribution >= 0.6 is 24.6 Å². The first-order valence-electron chi connectivity index (χ1n) is 12.5. The number of Topliss-reactive ketones (excluding diaryl/α,β-unsaturated/α-hetero) is 1. The Hall–Kier alpha value is -3.69. The Morgan fingerprint density at radius 2 is 2.10 bits per heavy atom. The molecule has 39 heavy (non-hydrogen) atoms. The molecular weight excluding hydrogens is 526 g/mol. The van der Waals surface area contributed by atoms with E-state index in [9.17, 15) is 4.79 Å². The summed E-state index contributed by atoms with van der Waals surface area (Å²) in [4.78, 5) is 18.7. The molecule has 0 aliphatic carbocycles. The zero-order valence-electron chi connectivity index (χ0n) is 23.0. The number of aromatic nitrogens is 2. The molecule has 0 fully saturated rings. The van der Waals surface area contributed by atoms with E-state index in [1.807, 2.05) is 76.4 Å². The predicted molar refractivity (Wildman–Crippen MR) is 167 cm³/mol. The highest BCUT2D eigenvalue weighted by Gasteiger charge is 2.19. The van der Waals surface area contributed by atoms with Gasteiger partial charge >= 0.3 is 0 Å². The van der Waals surface area contributed by atoms with Crippen LogP contribution in [0.4, 0.5) is 0 Å². The first-order chi connectivity index (χ1) is 18.6. The average Bonchev–Trinajstić information content (AvgIpc) is 3.39. The van der Waals surface area contributed by atoms with Gasteiger partial charge in [0.1, 0.15) is 5.75 Å². The van der Waals surface area contributed by atoms with Crippen molar-refractivity contribution in [1.29, 1.82) is 0 Å². The van der Waals surface area contributed by atoms with Crippen molar-refractivity contribution in [3.8, 4) is 5.75 Å². The number of allylic oxidation sites excluding steroid dienone is 6. The van der Waals surface area contributed by atoms with Gasteiger partial charge in [0.2, 0.25) is 11.7 Å². The van der Waals surface area contributed by atoms with Gasteiger partial charge in [0.15, 0.2) is 0 Å². The first kappa shape index (κ1) is 29.9. The first-order valence-corrected chi connectivity index (χ1v) is 14.1. The molecular formula is C30H35N5O2S2. The molecule has 0 bridgehead atoms. The van der Waals surface area contributed by atoms with Crippen LogP contribution in [0.5, 0.6) is 5.75 Å². The molecule has 3 rings (SSSR count). The van der Waals surface area contributed by atoms with Crippen molar-refractivity contribution >= 4 is 42.0 Å². The molecule has 7 nitrogen and oxygen atoms in total. The molecule has 204 valence electrons. The number of rotatable bonds is 9. The minimum atomic E-state index is -0.205. The zero-order valence-corrected chi connectivity index (χ0v) is 24.7. The van der Waals surface area contributed by atoms with E-state index in [-0.39, 0.29) is 11.8 Å². The maximum Gasteiger partial charge on any atom is 0.215 e. The van der Waals surface area contributed by atoms with Gasteiger partial charge in [-0.15, -0.1) is 12.6 Å². The maximum absolute atomic E-state index is 13.5. The van der Waals surface area contributed by atoms with Crippen molar-refractivity contribution in [2.24, 2.45) is 4.99 Å². The second-order valence-corrected chi connectivity index (χ2v) is 10.0. The summed E-state index contributed by atoms with van der Waals surface area (Å²) < 4.78 is 10.9. The number of carbonyl (C=O) groups is 1. The van der Waals surface area contributed by atoms with Crippen molar-refractivity contribution < 1.29 is 9.53 Å². The number of nitrogens with one attached hydrogen (secondary N) is 2. The van der Waals surface area contributed by atoms with E-state index >= 15 is 0 Å². The molecule has 1 aromatic heterocycles. The number of aryl methyl sites for hydroxylation is 1. The van der Waals surface area contributed by atoms with Gasteiger partial charge in [0.25, 0.3) is 0 Å². The number of carbonyl (C=O) groups excluding carboxylic acids is 1. The summed E-state index contributed by atoms with van der Waals surface area (Å²) in [5.74, 6) is 1.01. The minimum absolute atomic E-state index is 0.143. The van der Waals surface area contributed by atoms with Gasteiger partial charge in [-0.2, -0.15) is 5.10 Å². The van der Waals surface area contributed by atoms with Gasteiger partial charge < -0.3 is 14.8 Å². The van der Waals surface area contributed by atoms with Gasteiger partial charge in [-0.1, -0.05) is 43.3 Å². The van der Waals surface area contributed by atoms with Crippen LogP contribution in [0.25, 0.3) is 5.70 Å². The van der Waals surface area contributed by atoms with Gasteiger partial charge in [-0.05, 0) is 68.7 Å². The highest BCUT2D eigenvalue weighted by molar-refractivity contribution is 7.96. The van der Waals surface area contributed by atoms with Crippen LogP contribution in [0.3, 0.4) is 0 Å². The fourth-order valence-electron chi connectivity index (χ4n) is 3.71. The van der Waals surface area contributed by atoms with Crippen molar-refractivity contribution in [3.63, 3.8) is 0 Å². The largest absolute Gasteiger partial charge is 0.439 e. The molecule has 0 saturated carbocycles. The number of benzene rings is 1. The monoisotopic (exact) mass is 561 g/mol. The number of thiol groups is 1. The van der Waals surface area contributed by atoms with Crippen LogP contribution in [0.15, 0.2) is 107 Å². The number of para-hydroxylation sites is 1. The molecule has 2 heterocycles. The molecule has 0 spiro atoms. The van der Waals surface area contributed by atoms with Crippen LogP contribution < -0.4 is 14.8 Å². The number of ether oxygens (including phenoxy) is 1. The molecule has 0 amide bonds. The van der Waals surface area contributed by atoms with Crippen molar-refractivity contribution in [3.05, 3.63) is 113 Å². The molecule has 2 N–H and O–H groups in total. The van der Waals surface area contributed by atoms with E-state index in [1.54, 1.807) is 17.0 Å². The topological polar surface area (TPSA) is 80.5 Å². The third-order valence-corrected chi connectivity index (χ3v) is 6.52.